The van der Waals surface area contributed by atoms with Gasteiger partial charge in [-0.15, -0.1) is 22.7 Å². The predicted molar refractivity (Wildman–Crippen MR) is 151 cm³/mol. The molecule has 0 aliphatic rings. The van der Waals surface area contributed by atoms with Crippen molar-refractivity contribution in [1.82, 2.24) is 19.9 Å². The standard InChI is InChI=1S/C10H7ClN4O4S.C6H7NO2S.C4HCl2N3O2/c1-19-9(16)7-5(2-3-20-7)13-8-6(15(17)18)4-12-10(11)14-8;1-9-6(8)5-4(7)2-3-10-5;5-3-2(9(10)11)1-7-4(6)8-3/h2-4H,1H3,(H,12,13,14);2-3H,7H2,1H3;1H. The number of hydrogen-bond donors (Lipinski definition) is 2. The van der Waals surface area contributed by atoms with Crippen molar-refractivity contribution >= 4 is 98.0 Å². The number of nitrogens with two attached hydrogens (primary N) is 1. The summed E-state index contributed by atoms with van der Waals surface area (Å²) in [5.41, 5.74) is 5.56. The number of anilines is 3. The Kier molecular flexibility index (Phi) is 12.5. The molecule has 0 radical (unpaired) electrons. The van der Waals surface area contributed by atoms with Gasteiger partial charge in [-0.1, -0.05) is 11.6 Å². The van der Waals surface area contributed by atoms with Gasteiger partial charge in [0.15, 0.2) is 0 Å². The summed E-state index contributed by atoms with van der Waals surface area (Å²) in [7, 11) is 2.58. The first-order valence-electron chi connectivity index (χ1n) is 10.2. The number of hydrogen-bond acceptors (Lipinski definition) is 16. The first kappa shape index (κ1) is 33.0. The zero-order valence-corrected chi connectivity index (χ0v) is 24.3. The second-order valence-electron chi connectivity index (χ2n) is 6.68. The van der Waals surface area contributed by atoms with Gasteiger partial charge in [0, 0.05) is 0 Å². The van der Waals surface area contributed by atoms with Crippen molar-refractivity contribution in [3.05, 3.63) is 81.0 Å². The van der Waals surface area contributed by atoms with Crippen LogP contribution < -0.4 is 11.1 Å². The van der Waals surface area contributed by atoms with Gasteiger partial charge in [0.25, 0.3) is 0 Å². The topological polar surface area (TPSA) is 228 Å². The third kappa shape index (κ3) is 9.43. The van der Waals surface area contributed by atoms with E-state index in [1.165, 1.54) is 25.6 Å². The first-order chi connectivity index (χ1) is 19.4. The number of nitrogens with one attached hydrogen (secondary N) is 1. The number of carbonyl (C=O) groups excluding carboxylic acids is 2. The number of aromatic nitrogens is 4. The Balaban J connectivity index is 0.000000236. The maximum atomic E-state index is 11.5. The molecular formula is C20H15Cl3N8O8S2. The van der Waals surface area contributed by atoms with Crippen LogP contribution in [0.25, 0.3) is 0 Å². The number of carbonyl (C=O) groups is 2. The van der Waals surface area contributed by atoms with Gasteiger partial charge in [0.2, 0.25) is 21.5 Å². The van der Waals surface area contributed by atoms with Gasteiger partial charge in [-0.05, 0) is 46.1 Å². The van der Waals surface area contributed by atoms with Crippen LogP contribution in [0.15, 0.2) is 35.3 Å². The monoisotopic (exact) mass is 664 g/mol. The molecule has 3 N–H and O–H groups in total. The first-order valence-corrected chi connectivity index (χ1v) is 13.1. The van der Waals surface area contributed by atoms with Crippen molar-refractivity contribution in [2.24, 2.45) is 0 Å². The molecule has 0 aromatic carbocycles. The molecule has 4 aromatic rings. The Hall–Kier alpha value is -4.23. The summed E-state index contributed by atoms with van der Waals surface area (Å²) in [5.74, 6) is -1.02. The van der Waals surface area contributed by atoms with Crippen LogP contribution in [0.5, 0.6) is 0 Å². The Bertz CT molecular complexity index is 1570. The fourth-order valence-electron chi connectivity index (χ4n) is 2.40. The summed E-state index contributed by atoms with van der Waals surface area (Å²) in [6.07, 6.45) is 1.94. The van der Waals surface area contributed by atoms with E-state index in [9.17, 15) is 29.8 Å². The Morgan fingerprint density at radius 2 is 1.39 bits per heavy atom. The third-order valence-electron chi connectivity index (χ3n) is 4.18. The van der Waals surface area contributed by atoms with Crippen molar-refractivity contribution < 1.29 is 28.9 Å². The molecule has 0 amide bonds. The summed E-state index contributed by atoms with van der Waals surface area (Å²) in [6.45, 7) is 0. The zero-order valence-electron chi connectivity index (χ0n) is 20.4. The van der Waals surface area contributed by atoms with E-state index in [-0.39, 0.29) is 43.8 Å². The molecule has 4 aromatic heterocycles. The fraction of sp³-hybridized carbons (Fsp3) is 0.100. The summed E-state index contributed by atoms with van der Waals surface area (Å²) in [5, 5.41) is 26.6. The molecule has 0 unspecified atom stereocenters. The zero-order chi connectivity index (χ0) is 30.7. The molecule has 16 nitrogen and oxygen atoms in total. The van der Waals surface area contributed by atoms with Gasteiger partial charge in [-0.3, -0.25) is 20.2 Å². The number of methoxy groups -OCH3 is 2. The smallest absolute Gasteiger partial charge is 0.350 e. The molecule has 0 aliphatic heterocycles. The summed E-state index contributed by atoms with van der Waals surface area (Å²) in [4.78, 5) is 56.8. The molecule has 4 heterocycles. The molecule has 0 spiro atoms. The third-order valence-corrected chi connectivity index (χ3v) is 6.63. The lowest BCUT2D eigenvalue weighted by Crippen LogP contribution is -2.05. The van der Waals surface area contributed by atoms with E-state index in [0.717, 1.165) is 23.7 Å². The highest BCUT2D eigenvalue weighted by Gasteiger charge is 2.21. The molecule has 0 fully saturated rings. The lowest BCUT2D eigenvalue weighted by atomic mass is 10.3. The average molecular weight is 666 g/mol. The van der Waals surface area contributed by atoms with Crippen LogP contribution in [-0.2, 0) is 9.47 Å². The predicted octanol–water partition coefficient (Wildman–Crippen LogP) is 5.44. The minimum Gasteiger partial charge on any atom is -0.465 e. The largest absolute Gasteiger partial charge is 0.465 e. The van der Waals surface area contributed by atoms with Crippen LogP contribution in [-0.4, -0.2) is 55.9 Å². The molecule has 0 bridgehead atoms. The lowest BCUT2D eigenvalue weighted by molar-refractivity contribution is -0.385. The number of halogens is 3. The Labute approximate surface area is 252 Å². The van der Waals surface area contributed by atoms with E-state index in [2.05, 4.69) is 34.7 Å². The average Bonchev–Trinajstić information content (AvgIpc) is 3.57. The van der Waals surface area contributed by atoms with Crippen molar-refractivity contribution in [3.63, 3.8) is 0 Å². The van der Waals surface area contributed by atoms with Gasteiger partial charge in [-0.25, -0.2) is 19.6 Å². The SMILES string of the molecule is COC(=O)c1sccc1N.COC(=O)c1sccc1Nc1nc(Cl)ncc1[N+](=O)[O-].O=[N+]([O-])c1cnc(Cl)nc1Cl. The summed E-state index contributed by atoms with van der Waals surface area (Å²) >= 11 is 18.7. The molecule has 4 rings (SSSR count). The normalized spacial score (nSPS) is 9.78. The second-order valence-corrected chi connectivity index (χ2v) is 9.55. The summed E-state index contributed by atoms with van der Waals surface area (Å²) < 4.78 is 9.08. The molecule has 216 valence electrons. The maximum Gasteiger partial charge on any atom is 0.350 e. The van der Waals surface area contributed by atoms with Crippen LogP contribution in [0.2, 0.25) is 15.7 Å². The minimum atomic E-state index is -0.682. The molecule has 21 heteroatoms. The molecular weight excluding hydrogens is 651 g/mol. The fourth-order valence-corrected chi connectivity index (χ4v) is 4.41. The molecule has 41 heavy (non-hydrogen) atoms. The second kappa shape index (κ2) is 15.5. The minimum absolute atomic E-state index is 0.0986. The van der Waals surface area contributed by atoms with E-state index in [1.807, 2.05) is 0 Å². The Morgan fingerprint density at radius 1 is 0.878 bits per heavy atom. The molecule has 0 saturated carbocycles. The van der Waals surface area contributed by atoms with Crippen molar-refractivity contribution in [1.29, 1.82) is 0 Å². The number of nitrogen functional groups attached to an aromatic ring is 1. The van der Waals surface area contributed by atoms with Crippen LogP contribution >= 0.6 is 57.5 Å². The summed E-state index contributed by atoms with van der Waals surface area (Å²) in [6, 6.07) is 3.26. The lowest BCUT2D eigenvalue weighted by Gasteiger charge is -2.06. The van der Waals surface area contributed by atoms with E-state index in [1.54, 1.807) is 22.9 Å². The van der Waals surface area contributed by atoms with Gasteiger partial charge < -0.3 is 20.5 Å². The van der Waals surface area contributed by atoms with Crippen LogP contribution in [0.4, 0.5) is 28.6 Å². The van der Waals surface area contributed by atoms with Crippen LogP contribution in [0, 0.1) is 20.2 Å². The quantitative estimate of drug-likeness (QED) is 0.0859. The highest BCUT2D eigenvalue weighted by Crippen LogP contribution is 2.30. The van der Waals surface area contributed by atoms with Crippen LogP contribution in [0.3, 0.4) is 0 Å². The highest BCUT2D eigenvalue weighted by molar-refractivity contribution is 7.13. The molecule has 0 aliphatic carbocycles. The van der Waals surface area contributed by atoms with Gasteiger partial charge >= 0.3 is 23.3 Å². The van der Waals surface area contributed by atoms with Crippen molar-refractivity contribution in [2.45, 2.75) is 0 Å². The molecule has 0 atom stereocenters. The van der Waals surface area contributed by atoms with E-state index < -0.39 is 15.8 Å². The van der Waals surface area contributed by atoms with Gasteiger partial charge in [0.05, 0.1) is 35.4 Å². The number of esters is 2. The van der Waals surface area contributed by atoms with Gasteiger partial charge in [0.1, 0.15) is 22.1 Å². The number of thiophene rings is 2. The number of nitrogens with zero attached hydrogens (tertiary/aromatic N) is 6. The highest BCUT2D eigenvalue weighted by atomic mass is 35.5. The number of ether oxygens (including phenoxy) is 2. The number of rotatable bonds is 6. The van der Waals surface area contributed by atoms with E-state index in [0.29, 0.717) is 16.3 Å². The Morgan fingerprint density at radius 3 is 1.90 bits per heavy atom. The maximum absolute atomic E-state index is 11.5. The van der Waals surface area contributed by atoms with Crippen molar-refractivity contribution in [2.75, 3.05) is 25.3 Å². The van der Waals surface area contributed by atoms with E-state index in [4.69, 9.17) is 40.5 Å². The van der Waals surface area contributed by atoms with Crippen LogP contribution in [0.1, 0.15) is 19.3 Å². The number of nitro groups is 2. The van der Waals surface area contributed by atoms with Gasteiger partial charge in [-0.2, -0.15) is 9.97 Å². The van der Waals surface area contributed by atoms with E-state index >= 15 is 0 Å². The van der Waals surface area contributed by atoms with Crippen molar-refractivity contribution in [3.8, 4) is 0 Å². The molecule has 0 saturated heterocycles.